The summed E-state index contributed by atoms with van der Waals surface area (Å²) in [5.41, 5.74) is 1.87. The first-order valence-corrected chi connectivity index (χ1v) is 6.28. The zero-order valence-corrected chi connectivity index (χ0v) is 11.1. The summed E-state index contributed by atoms with van der Waals surface area (Å²) in [5, 5.41) is 3.24. The summed E-state index contributed by atoms with van der Waals surface area (Å²) in [6, 6.07) is 7.88. The van der Waals surface area contributed by atoms with Crippen molar-refractivity contribution in [2.24, 2.45) is 0 Å². The molecule has 100 valence electrons. The van der Waals surface area contributed by atoms with Gasteiger partial charge in [-0.15, -0.1) is 0 Å². The molecule has 1 aromatic carbocycles. The van der Waals surface area contributed by atoms with E-state index in [0.29, 0.717) is 12.3 Å². The molecule has 1 heterocycles. The molecule has 0 atom stereocenters. The Morgan fingerprint density at radius 1 is 1.26 bits per heavy atom. The van der Waals surface area contributed by atoms with Crippen LogP contribution < -0.4 is 10.1 Å². The Morgan fingerprint density at radius 2 is 2.00 bits per heavy atom. The zero-order valence-electron chi connectivity index (χ0n) is 11.1. The number of pyridine rings is 1. The fraction of sp³-hybridized carbons (Fsp3) is 0.267. The Balaban J connectivity index is 2.22. The Morgan fingerprint density at radius 3 is 2.68 bits per heavy atom. The fourth-order valence-electron chi connectivity index (χ4n) is 1.68. The van der Waals surface area contributed by atoms with Crippen LogP contribution in [0.5, 0.6) is 11.5 Å². The van der Waals surface area contributed by atoms with Crippen molar-refractivity contribution in [3.05, 3.63) is 53.6 Å². The Labute approximate surface area is 112 Å². The van der Waals surface area contributed by atoms with E-state index < -0.39 is 0 Å². The third kappa shape index (κ3) is 3.76. The molecule has 0 bridgehead atoms. The van der Waals surface area contributed by atoms with E-state index in [1.54, 1.807) is 18.3 Å². The van der Waals surface area contributed by atoms with E-state index in [1.807, 2.05) is 19.9 Å². The summed E-state index contributed by atoms with van der Waals surface area (Å²) >= 11 is 0. The first kappa shape index (κ1) is 13.5. The highest BCUT2D eigenvalue weighted by atomic mass is 19.1. The van der Waals surface area contributed by atoms with Crippen LogP contribution in [0.2, 0.25) is 0 Å². The van der Waals surface area contributed by atoms with Crippen LogP contribution in [-0.4, -0.2) is 11.5 Å². The van der Waals surface area contributed by atoms with Gasteiger partial charge in [-0.25, -0.2) is 4.39 Å². The van der Waals surface area contributed by atoms with Crippen LogP contribution in [0.3, 0.4) is 0 Å². The SMILES string of the molecule is CCNCc1cnc(C)cc1Oc1ccc(F)cc1. The second-order valence-corrected chi connectivity index (χ2v) is 4.27. The predicted molar refractivity (Wildman–Crippen MR) is 72.8 cm³/mol. The highest BCUT2D eigenvalue weighted by Gasteiger charge is 2.06. The number of benzene rings is 1. The lowest BCUT2D eigenvalue weighted by Crippen LogP contribution is -2.12. The molecular formula is C15H17FN2O. The molecule has 4 heteroatoms. The van der Waals surface area contributed by atoms with Crippen LogP contribution in [0, 0.1) is 12.7 Å². The van der Waals surface area contributed by atoms with Gasteiger partial charge in [0.1, 0.15) is 17.3 Å². The van der Waals surface area contributed by atoms with Gasteiger partial charge in [0.05, 0.1) is 0 Å². The minimum absolute atomic E-state index is 0.272. The molecule has 19 heavy (non-hydrogen) atoms. The standard InChI is InChI=1S/C15H17FN2O/c1-3-17-9-12-10-18-11(2)8-15(12)19-14-6-4-13(16)5-7-14/h4-8,10,17H,3,9H2,1-2H3. The van der Waals surface area contributed by atoms with Crippen molar-refractivity contribution >= 4 is 0 Å². The summed E-state index contributed by atoms with van der Waals surface area (Å²) in [6.45, 7) is 5.53. The maximum absolute atomic E-state index is 12.9. The minimum Gasteiger partial charge on any atom is -0.457 e. The second-order valence-electron chi connectivity index (χ2n) is 4.27. The van der Waals surface area contributed by atoms with Gasteiger partial charge in [-0.1, -0.05) is 6.92 Å². The van der Waals surface area contributed by atoms with Crippen LogP contribution in [0.15, 0.2) is 36.5 Å². The monoisotopic (exact) mass is 260 g/mol. The molecule has 0 saturated heterocycles. The lowest BCUT2D eigenvalue weighted by atomic mass is 10.2. The Kier molecular flexibility index (Phi) is 4.47. The third-order valence-corrected chi connectivity index (χ3v) is 2.69. The van der Waals surface area contributed by atoms with E-state index in [-0.39, 0.29) is 5.82 Å². The molecule has 0 aliphatic rings. The molecule has 1 N–H and O–H groups in total. The van der Waals surface area contributed by atoms with Crippen LogP contribution >= 0.6 is 0 Å². The molecule has 0 radical (unpaired) electrons. The zero-order chi connectivity index (χ0) is 13.7. The molecule has 2 aromatic rings. The van der Waals surface area contributed by atoms with Gasteiger partial charge in [-0.2, -0.15) is 0 Å². The number of aromatic nitrogens is 1. The van der Waals surface area contributed by atoms with E-state index in [4.69, 9.17) is 4.74 Å². The summed E-state index contributed by atoms with van der Waals surface area (Å²) in [6.07, 6.45) is 1.80. The molecule has 0 saturated carbocycles. The molecule has 1 aromatic heterocycles. The van der Waals surface area contributed by atoms with Gasteiger partial charge in [0.2, 0.25) is 0 Å². The maximum atomic E-state index is 12.9. The average molecular weight is 260 g/mol. The lowest BCUT2D eigenvalue weighted by molar-refractivity contribution is 0.470. The summed E-state index contributed by atoms with van der Waals surface area (Å²) in [4.78, 5) is 4.27. The Hall–Kier alpha value is -1.94. The van der Waals surface area contributed by atoms with Crippen molar-refractivity contribution in [1.29, 1.82) is 0 Å². The molecule has 0 aliphatic carbocycles. The normalized spacial score (nSPS) is 10.5. The van der Waals surface area contributed by atoms with Gasteiger partial charge in [-0.05, 0) is 37.7 Å². The number of nitrogens with zero attached hydrogens (tertiary/aromatic N) is 1. The minimum atomic E-state index is -0.272. The van der Waals surface area contributed by atoms with Gasteiger partial charge in [0, 0.05) is 30.1 Å². The van der Waals surface area contributed by atoms with Gasteiger partial charge >= 0.3 is 0 Å². The van der Waals surface area contributed by atoms with Gasteiger partial charge in [0.25, 0.3) is 0 Å². The van der Waals surface area contributed by atoms with Crippen molar-refractivity contribution < 1.29 is 9.13 Å². The first-order valence-electron chi connectivity index (χ1n) is 6.28. The molecule has 0 amide bonds. The smallest absolute Gasteiger partial charge is 0.135 e. The van der Waals surface area contributed by atoms with Gasteiger partial charge in [0.15, 0.2) is 0 Å². The van der Waals surface area contributed by atoms with Crippen molar-refractivity contribution in [3.8, 4) is 11.5 Å². The van der Waals surface area contributed by atoms with Crippen LogP contribution in [0.4, 0.5) is 4.39 Å². The van der Waals surface area contributed by atoms with Crippen LogP contribution in [-0.2, 0) is 6.54 Å². The highest BCUT2D eigenvalue weighted by Crippen LogP contribution is 2.25. The van der Waals surface area contributed by atoms with E-state index in [1.165, 1.54) is 12.1 Å². The molecule has 0 unspecified atom stereocenters. The highest BCUT2D eigenvalue weighted by molar-refractivity contribution is 5.37. The third-order valence-electron chi connectivity index (χ3n) is 2.69. The number of halogens is 1. The molecule has 0 fully saturated rings. The summed E-state index contributed by atoms with van der Waals surface area (Å²) in [7, 11) is 0. The predicted octanol–water partition coefficient (Wildman–Crippen LogP) is 3.43. The number of nitrogens with one attached hydrogen (secondary N) is 1. The molecule has 3 nitrogen and oxygen atoms in total. The van der Waals surface area contributed by atoms with E-state index in [9.17, 15) is 4.39 Å². The number of aryl methyl sites for hydroxylation is 1. The Bertz CT molecular complexity index is 540. The first-order chi connectivity index (χ1) is 9.19. The quantitative estimate of drug-likeness (QED) is 0.894. The number of rotatable bonds is 5. The van der Waals surface area contributed by atoms with Crippen molar-refractivity contribution in [2.45, 2.75) is 20.4 Å². The molecule has 0 aliphatic heterocycles. The van der Waals surface area contributed by atoms with Crippen molar-refractivity contribution in [2.75, 3.05) is 6.54 Å². The molecule has 2 rings (SSSR count). The average Bonchev–Trinajstić information content (AvgIpc) is 2.40. The molecule has 0 spiro atoms. The van der Waals surface area contributed by atoms with Gasteiger partial charge < -0.3 is 10.1 Å². The van der Waals surface area contributed by atoms with Crippen molar-refractivity contribution in [1.82, 2.24) is 10.3 Å². The largest absolute Gasteiger partial charge is 0.457 e. The fourth-order valence-corrected chi connectivity index (χ4v) is 1.68. The van der Waals surface area contributed by atoms with Crippen molar-refractivity contribution in [3.63, 3.8) is 0 Å². The second kappa shape index (κ2) is 6.29. The van der Waals surface area contributed by atoms with E-state index in [2.05, 4.69) is 10.3 Å². The van der Waals surface area contributed by atoms with Crippen LogP contribution in [0.1, 0.15) is 18.2 Å². The number of hydrogen-bond donors (Lipinski definition) is 1. The maximum Gasteiger partial charge on any atom is 0.135 e. The number of ether oxygens (including phenoxy) is 1. The van der Waals surface area contributed by atoms with Crippen LogP contribution in [0.25, 0.3) is 0 Å². The topological polar surface area (TPSA) is 34.2 Å². The summed E-state index contributed by atoms with van der Waals surface area (Å²) in [5.74, 6) is 1.09. The van der Waals surface area contributed by atoms with E-state index >= 15 is 0 Å². The van der Waals surface area contributed by atoms with E-state index in [0.717, 1.165) is 23.6 Å². The number of hydrogen-bond acceptors (Lipinski definition) is 3. The van der Waals surface area contributed by atoms with Gasteiger partial charge in [-0.3, -0.25) is 4.98 Å². The molecular weight excluding hydrogens is 243 g/mol. The lowest BCUT2D eigenvalue weighted by Gasteiger charge is -2.12. The summed E-state index contributed by atoms with van der Waals surface area (Å²) < 4.78 is 18.7.